The first-order valence-corrected chi connectivity index (χ1v) is 7.97. The van der Waals surface area contributed by atoms with Gasteiger partial charge in [0.15, 0.2) is 6.10 Å². The Labute approximate surface area is 144 Å². The van der Waals surface area contributed by atoms with Crippen LogP contribution in [0.2, 0.25) is 0 Å². The van der Waals surface area contributed by atoms with Gasteiger partial charge in [0.05, 0.1) is 18.7 Å². The number of carbonyl (C=O) groups excluding carboxylic acids is 1. The van der Waals surface area contributed by atoms with Gasteiger partial charge in [0.1, 0.15) is 5.82 Å². The van der Waals surface area contributed by atoms with Gasteiger partial charge in [-0.2, -0.15) is 0 Å². The molecule has 7 heteroatoms. The largest absolute Gasteiger partial charge is 0.479 e. The van der Waals surface area contributed by atoms with Crippen LogP contribution < -0.4 is 0 Å². The Morgan fingerprint density at radius 1 is 1.24 bits per heavy atom. The van der Waals surface area contributed by atoms with E-state index >= 15 is 0 Å². The number of morpholine rings is 1. The van der Waals surface area contributed by atoms with Crippen molar-refractivity contribution in [2.75, 3.05) is 19.7 Å². The summed E-state index contributed by atoms with van der Waals surface area (Å²) in [5.74, 6) is -1.62. The Kier molecular flexibility index (Phi) is 4.59. The summed E-state index contributed by atoms with van der Waals surface area (Å²) in [5.41, 5.74) is 2.84. The zero-order valence-electron chi connectivity index (χ0n) is 14.0. The van der Waals surface area contributed by atoms with Gasteiger partial charge < -0.3 is 19.3 Å². The first-order valence-electron chi connectivity index (χ1n) is 7.97. The van der Waals surface area contributed by atoms with Crippen molar-refractivity contribution in [3.05, 3.63) is 53.1 Å². The highest BCUT2D eigenvalue weighted by Crippen LogP contribution is 2.23. The molecular formula is C18H19FN2O4. The third-order valence-corrected chi connectivity index (χ3v) is 4.38. The van der Waals surface area contributed by atoms with Gasteiger partial charge in [-0.15, -0.1) is 0 Å². The van der Waals surface area contributed by atoms with Crippen molar-refractivity contribution in [2.45, 2.75) is 20.0 Å². The van der Waals surface area contributed by atoms with E-state index in [-0.39, 0.29) is 24.9 Å². The molecule has 132 valence electrons. The summed E-state index contributed by atoms with van der Waals surface area (Å²) in [4.78, 5) is 25.4. The van der Waals surface area contributed by atoms with Gasteiger partial charge in [-0.05, 0) is 44.2 Å². The number of carbonyl (C=O) groups is 2. The minimum absolute atomic E-state index is 0.0222. The predicted molar refractivity (Wildman–Crippen MR) is 88.5 cm³/mol. The molecule has 3 rings (SSSR count). The normalized spacial score (nSPS) is 17.6. The van der Waals surface area contributed by atoms with Crippen LogP contribution in [0.1, 0.15) is 21.7 Å². The third kappa shape index (κ3) is 3.28. The lowest BCUT2D eigenvalue weighted by atomic mass is 10.2. The maximum Gasteiger partial charge on any atom is 0.334 e. The Morgan fingerprint density at radius 2 is 1.92 bits per heavy atom. The van der Waals surface area contributed by atoms with Crippen molar-refractivity contribution in [1.29, 1.82) is 0 Å². The molecular weight excluding hydrogens is 327 g/mol. The van der Waals surface area contributed by atoms with Crippen LogP contribution >= 0.6 is 0 Å². The summed E-state index contributed by atoms with van der Waals surface area (Å²) in [6, 6.07) is 7.81. The van der Waals surface area contributed by atoms with E-state index in [9.17, 15) is 14.0 Å². The minimum atomic E-state index is -1.07. The number of ether oxygens (including phenoxy) is 1. The number of aryl methyl sites for hydroxylation is 1. The number of rotatable bonds is 3. The molecule has 0 unspecified atom stereocenters. The van der Waals surface area contributed by atoms with Gasteiger partial charge in [-0.1, -0.05) is 0 Å². The molecule has 1 aliphatic rings. The highest BCUT2D eigenvalue weighted by molar-refractivity contribution is 5.96. The van der Waals surface area contributed by atoms with E-state index in [1.54, 1.807) is 18.2 Å². The van der Waals surface area contributed by atoms with E-state index in [0.717, 1.165) is 17.1 Å². The van der Waals surface area contributed by atoms with Gasteiger partial charge in [-0.3, -0.25) is 4.79 Å². The monoisotopic (exact) mass is 346 g/mol. The molecule has 1 fully saturated rings. The van der Waals surface area contributed by atoms with Gasteiger partial charge in [0, 0.05) is 23.6 Å². The molecule has 0 saturated carbocycles. The predicted octanol–water partition coefficient (Wildman–Crippen LogP) is 2.16. The molecule has 1 N–H and O–H groups in total. The molecule has 25 heavy (non-hydrogen) atoms. The minimum Gasteiger partial charge on any atom is -0.479 e. The molecule has 0 radical (unpaired) electrons. The van der Waals surface area contributed by atoms with Crippen molar-refractivity contribution >= 4 is 11.9 Å². The van der Waals surface area contributed by atoms with Crippen LogP contribution in [0.15, 0.2) is 30.3 Å². The number of carboxylic acids is 1. The second-order valence-corrected chi connectivity index (χ2v) is 6.05. The molecule has 1 aromatic heterocycles. The summed E-state index contributed by atoms with van der Waals surface area (Å²) in [6.45, 7) is 4.25. The van der Waals surface area contributed by atoms with E-state index in [1.807, 2.05) is 18.4 Å². The topological polar surface area (TPSA) is 71.8 Å². The maximum atomic E-state index is 13.2. The Morgan fingerprint density at radius 3 is 2.56 bits per heavy atom. The molecule has 1 saturated heterocycles. The highest BCUT2D eigenvalue weighted by atomic mass is 19.1. The fourth-order valence-electron chi connectivity index (χ4n) is 3.12. The van der Waals surface area contributed by atoms with E-state index in [0.29, 0.717) is 12.1 Å². The molecule has 6 nitrogen and oxygen atoms in total. The van der Waals surface area contributed by atoms with E-state index < -0.39 is 12.1 Å². The van der Waals surface area contributed by atoms with Crippen LogP contribution in [0.25, 0.3) is 5.69 Å². The summed E-state index contributed by atoms with van der Waals surface area (Å²) < 4.78 is 20.2. The molecule has 0 aliphatic carbocycles. The number of benzene rings is 1. The Bertz CT molecular complexity index is 813. The van der Waals surface area contributed by atoms with Gasteiger partial charge in [0.2, 0.25) is 0 Å². The number of hydrogen-bond acceptors (Lipinski definition) is 3. The number of hydrogen-bond donors (Lipinski definition) is 1. The lowest BCUT2D eigenvalue weighted by Crippen LogP contribution is -2.48. The quantitative estimate of drug-likeness (QED) is 0.924. The number of aromatic nitrogens is 1. The zero-order valence-corrected chi connectivity index (χ0v) is 14.0. The van der Waals surface area contributed by atoms with Crippen LogP contribution in [-0.4, -0.2) is 52.3 Å². The number of nitrogens with zero attached hydrogens (tertiary/aromatic N) is 2. The van der Waals surface area contributed by atoms with Crippen LogP contribution in [0.3, 0.4) is 0 Å². The lowest BCUT2D eigenvalue weighted by Gasteiger charge is -2.30. The molecule has 1 aliphatic heterocycles. The average Bonchev–Trinajstić information content (AvgIpc) is 2.90. The number of aliphatic carboxylic acids is 1. The third-order valence-electron chi connectivity index (χ3n) is 4.38. The lowest BCUT2D eigenvalue weighted by molar-refractivity contribution is -0.154. The molecule has 0 spiro atoms. The summed E-state index contributed by atoms with van der Waals surface area (Å²) in [5, 5.41) is 9.08. The van der Waals surface area contributed by atoms with Crippen LogP contribution in [0.5, 0.6) is 0 Å². The van der Waals surface area contributed by atoms with Crippen LogP contribution in [-0.2, 0) is 9.53 Å². The molecule has 1 amide bonds. The van der Waals surface area contributed by atoms with E-state index in [1.165, 1.54) is 17.0 Å². The fraction of sp³-hybridized carbons (Fsp3) is 0.333. The molecule has 0 bridgehead atoms. The maximum absolute atomic E-state index is 13.2. The van der Waals surface area contributed by atoms with Crippen molar-refractivity contribution in [1.82, 2.24) is 9.47 Å². The van der Waals surface area contributed by atoms with Crippen LogP contribution in [0.4, 0.5) is 4.39 Å². The average molecular weight is 346 g/mol. The first kappa shape index (κ1) is 17.2. The van der Waals surface area contributed by atoms with Crippen molar-refractivity contribution in [3.8, 4) is 5.69 Å². The summed E-state index contributed by atoms with van der Waals surface area (Å²) in [7, 11) is 0. The SMILES string of the molecule is Cc1cc(C(=O)N2CCO[C@H](C(=O)O)C2)c(C)n1-c1ccc(F)cc1. The fourth-order valence-corrected chi connectivity index (χ4v) is 3.12. The Hall–Kier alpha value is -2.67. The number of halogens is 1. The summed E-state index contributed by atoms with van der Waals surface area (Å²) >= 11 is 0. The number of amides is 1. The second kappa shape index (κ2) is 6.68. The smallest absolute Gasteiger partial charge is 0.334 e. The van der Waals surface area contributed by atoms with Crippen molar-refractivity contribution in [2.24, 2.45) is 0 Å². The van der Waals surface area contributed by atoms with Gasteiger partial charge >= 0.3 is 5.97 Å². The zero-order chi connectivity index (χ0) is 18.1. The van der Waals surface area contributed by atoms with Crippen molar-refractivity contribution < 1.29 is 23.8 Å². The van der Waals surface area contributed by atoms with Gasteiger partial charge in [-0.25, -0.2) is 9.18 Å². The van der Waals surface area contributed by atoms with Gasteiger partial charge in [0.25, 0.3) is 5.91 Å². The van der Waals surface area contributed by atoms with Crippen LogP contribution in [0, 0.1) is 19.7 Å². The molecule has 2 heterocycles. The van der Waals surface area contributed by atoms with E-state index in [2.05, 4.69) is 0 Å². The first-order chi connectivity index (χ1) is 11.9. The molecule has 1 aromatic carbocycles. The molecule has 1 atom stereocenters. The van der Waals surface area contributed by atoms with Crippen molar-refractivity contribution in [3.63, 3.8) is 0 Å². The number of carboxylic acid groups (broad SMARTS) is 1. The summed E-state index contributed by atoms with van der Waals surface area (Å²) in [6.07, 6.45) is -1.00. The van der Waals surface area contributed by atoms with E-state index in [4.69, 9.17) is 9.84 Å². The highest BCUT2D eigenvalue weighted by Gasteiger charge is 2.31. The molecule has 2 aromatic rings. The second-order valence-electron chi connectivity index (χ2n) is 6.05. The Balaban J connectivity index is 1.90. The standard InChI is InChI=1S/C18H19FN2O4/c1-11-9-15(12(2)21(11)14-5-3-13(19)4-6-14)17(22)20-7-8-25-16(10-20)18(23)24/h3-6,9,16H,7-8,10H2,1-2H3,(H,23,24)/t16-/m0/s1.